The second kappa shape index (κ2) is 8.21. The highest BCUT2D eigenvalue weighted by Gasteiger charge is 2.23. The summed E-state index contributed by atoms with van der Waals surface area (Å²) in [5.41, 5.74) is 1.01. The van der Waals surface area contributed by atoms with E-state index in [2.05, 4.69) is 4.98 Å². The van der Waals surface area contributed by atoms with E-state index in [1.54, 1.807) is 24.1 Å². The molecule has 0 spiro atoms. The monoisotopic (exact) mass is 407 g/mol. The molecule has 0 radical (unpaired) electrons. The number of carbonyl (C=O) groups is 1. The summed E-state index contributed by atoms with van der Waals surface area (Å²) in [7, 11) is 5.42. The highest BCUT2D eigenvalue weighted by atomic mass is 35.5. The molecule has 0 aliphatic rings. The molecule has 8 heteroatoms. The molecule has 3 aromatic rings. The van der Waals surface area contributed by atoms with Crippen LogP contribution in [0, 0.1) is 5.82 Å². The Morgan fingerprint density at radius 1 is 1.19 bits per heavy atom. The molecule has 142 valence electrons. The molecule has 3 rings (SSSR count). The van der Waals surface area contributed by atoms with Gasteiger partial charge in [-0.15, -0.1) is 0 Å². The number of thiazole rings is 1. The molecule has 0 atom stereocenters. The van der Waals surface area contributed by atoms with Crippen molar-refractivity contribution in [1.82, 2.24) is 9.88 Å². The van der Waals surface area contributed by atoms with Crippen LogP contribution in [0.1, 0.15) is 10.4 Å². The van der Waals surface area contributed by atoms with Gasteiger partial charge in [-0.05, 0) is 50.5 Å². The summed E-state index contributed by atoms with van der Waals surface area (Å²) in [6, 6.07) is 8.99. The van der Waals surface area contributed by atoms with E-state index >= 15 is 0 Å². The third-order valence-corrected chi connectivity index (χ3v) is 5.54. The number of rotatable bonds is 6. The molecule has 0 fully saturated rings. The van der Waals surface area contributed by atoms with Crippen LogP contribution in [0.4, 0.5) is 9.52 Å². The summed E-state index contributed by atoms with van der Waals surface area (Å²) >= 11 is 7.64. The quantitative estimate of drug-likeness (QED) is 0.611. The number of benzene rings is 2. The van der Waals surface area contributed by atoms with Gasteiger partial charge in [-0.1, -0.05) is 22.9 Å². The summed E-state index contributed by atoms with van der Waals surface area (Å²) in [5, 5.41) is 1.07. The normalized spacial score (nSPS) is 11.2. The fourth-order valence-corrected chi connectivity index (χ4v) is 3.83. The second-order valence-corrected chi connectivity index (χ2v) is 7.58. The van der Waals surface area contributed by atoms with Gasteiger partial charge in [0.2, 0.25) is 0 Å². The summed E-state index contributed by atoms with van der Waals surface area (Å²) in [4.78, 5) is 21.3. The molecule has 0 saturated carbocycles. The van der Waals surface area contributed by atoms with Crippen molar-refractivity contribution in [2.75, 3.05) is 39.2 Å². The van der Waals surface area contributed by atoms with E-state index in [0.29, 0.717) is 40.1 Å². The number of anilines is 1. The van der Waals surface area contributed by atoms with E-state index in [0.717, 1.165) is 4.70 Å². The maximum atomic E-state index is 13.2. The van der Waals surface area contributed by atoms with Crippen molar-refractivity contribution in [1.29, 1.82) is 0 Å². The lowest BCUT2D eigenvalue weighted by Gasteiger charge is -2.22. The third kappa shape index (κ3) is 4.21. The van der Waals surface area contributed by atoms with Gasteiger partial charge in [0.05, 0.1) is 16.8 Å². The maximum Gasteiger partial charge on any atom is 0.260 e. The standard InChI is InChI=1S/C19H19ClFN3O2S/c1-23(2)10-11-24(18(25)12-4-6-13(21)7-5-12)19-22-16-15(26-3)9-8-14(20)17(16)27-19/h4-9H,10-11H2,1-3H3. The van der Waals surface area contributed by atoms with E-state index in [9.17, 15) is 9.18 Å². The highest BCUT2D eigenvalue weighted by Crippen LogP contribution is 2.39. The number of amides is 1. The Hall–Kier alpha value is -2.22. The molecule has 1 heterocycles. The van der Waals surface area contributed by atoms with E-state index in [1.165, 1.54) is 35.6 Å². The van der Waals surface area contributed by atoms with Crippen molar-refractivity contribution in [2.24, 2.45) is 0 Å². The number of hydrogen-bond acceptors (Lipinski definition) is 5. The average molecular weight is 408 g/mol. The number of hydrogen-bond donors (Lipinski definition) is 0. The van der Waals surface area contributed by atoms with Crippen molar-refractivity contribution >= 4 is 44.2 Å². The van der Waals surface area contributed by atoms with Crippen molar-refractivity contribution in [3.8, 4) is 5.75 Å². The number of halogens is 2. The second-order valence-electron chi connectivity index (χ2n) is 6.19. The van der Waals surface area contributed by atoms with Gasteiger partial charge in [-0.3, -0.25) is 9.69 Å². The Kier molecular flexibility index (Phi) is 5.94. The van der Waals surface area contributed by atoms with Gasteiger partial charge in [-0.25, -0.2) is 9.37 Å². The first-order chi connectivity index (χ1) is 12.9. The molecule has 0 aliphatic heterocycles. The summed E-state index contributed by atoms with van der Waals surface area (Å²) < 4.78 is 19.3. The average Bonchev–Trinajstić information content (AvgIpc) is 3.08. The summed E-state index contributed by atoms with van der Waals surface area (Å²) in [6.07, 6.45) is 0. The van der Waals surface area contributed by atoms with Gasteiger partial charge in [0.15, 0.2) is 5.13 Å². The molecule has 0 unspecified atom stereocenters. The van der Waals surface area contributed by atoms with E-state index in [1.807, 2.05) is 19.0 Å². The molecule has 0 aliphatic carbocycles. The summed E-state index contributed by atoms with van der Waals surface area (Å²) in [6.45, 7) is 1.08. The number of aromatic nitrogens is 1. The van der Waals surface area contributed by atoms with Gasteiger partial charge in [0.1, 0.15) is 17.1 Å². The van der Waals surface area contributed by atoms with Crippen LogP contribution in [0.3, 0.4) is 0 Å². The summed E-state index contributed by atoms with van der Waals surface area (Å²) in [5.74, 6) is -0.0346. The third-order valence-electron chi connectivity index (χ3n) is 4.01. The molecular weight excluding hydrogens is 389 g/mol. The van der Waals surface area contributed by atoms with Crippen molar-refractivity contribution < 1.29 is 13.9 Å². The predicted octanol–water partition coefficient (Wildman–Crippen LogP) is 4.31. The molecular formula is C19H19ClFN3O2S. The smallest absolute Gasteiger partial charge is 0.260 e. The van der Waals surface area contributed by atoms with Crippen LogP contribution in [0.25, 0.3) is 10.2 Å². The fourth-order valence-electron chi connectivity index (χ4n) is 2.55. The molecule has 5 nitrogen and oxygen atoms in total. The number of ether oxygens (including phenoxy) is 1. The Bertz CT molecular complexity index is 959. The highest BCUT2D eigenvalue weighted by molar-refractivity contribution is 7.23. The minimum atomic E-state index is -0.386. The molecule has 1 aromatic heterocycles. The van der Waals surface area contributed by atoms with Gasteiger partial charge < -0.3 is 9.64 Å². The minimum Gasteiger partial charge on any atom is -0.494 e. The Morgan fingerprint density at radius 2 is 1.89 bits per heavy atom. The lowest BCUT2D eigenvalue weighted by Crippen LogP contribution is -2.36. The van der Waals surface area contributed by atoms with Crippen LogP contribution in [0.5, 0.6) is 5.75 Å². The maximum absolute atomic E-state index is 13.2. The fraction of sp³-hybridized carbons (Fsp3) is 0.263. The van der Waals surface area contributed by atoms with Gasteiger partial charge >= 0.3 is 0 Å². The van der Waals surface area contributed by atoms with E-state index in [-0.39, 0.29) is 11.7 Å². The van der Waals surface area contributed by atoms with Gasteiger partial charge in [0, 0.05) is 18.7 Å². The Balaban J connectivity index is 2.05. The van der Waals surface area contributed by atoms with Crippen LogP contribution >= 0.6 is 22.9 Å². The molecule has 0 saturated heterocycles. The lowest BCUT2D eigenvalue weighted by molar-refractivity contribution is 0.0985. The van der Waals surface area contributed by atoms with Gasteiger partial charge in [-0.2, -0.15) is 0 Å². The first-order valence-electron chi connectivity index (χ1n) is 8.26. The predicted molar refractivity (Wildman–Crippen MR) is 108 cm³/mol. The number of fused-ring (bicyclic) bond motifs is 1. The van der Waals surface area contributed by atoms with E-state index < -0.39 is 0 Å². The van der Waals surface area contributed by atoms with Crippen molar-refractivity contribution in [2.45, 2.75) is 0 Å². The van der Waals surface area contributed by atoms with Crippen LogP contribution in [0.15, 0.2) is 36.4 Å². The number of methoxy groups -OCH3 is 1. The first kappa shape index (κ1) is 19.5. The number of carbonyl (C=O) groups excluding carboxylic acids is 1. The van der Waals surface area contributed by atoms with Crippen LogP contribution < -0.4 is 9.64 Å². The van der Waals surface area contributed by atoms with Crippen LogP contribution in [-0.4, -0.2) is 50.1 Å². The number of likely N-dealkylation sites (N-methyl/N-ethyl adjacent to an activating group) is 1. The zero-order chi connectivity index (χ0) is 19.6. The van der Waals surface area contributed by atoms with Crippen molar-refractivity contribution in [3.63, 3.8) is 0 Å². The van der Waals surface area contributed by atoms with E-state index in [4.69, 9.17) is 16.3 Å². The zero-order valence-electron chi connectivity index (χ0n) is 15.2. The molecule has 27 heavy (non-hydrogen) atoms. The van der Waals surface area contributed by atoms with Crippen LogP contribution in [0.2, 0.25) is 5.02 Å². The largest absolute Gasteiger partial charge is 0.494 e. The molecule has 0 N–H and O–H groups in total. The minimum absolute atomic E-state index is 0.244. The molecule has 1 amide bonds. The Labute approximate surface area is 165 Å². The Morgan fingerprint density at radius 3 is 2.52 bits per heavy atom. The van der Waals surface area contributed by atoms with Gasteiger partial charge in [0.25, 0.3) is 5.91 Å². The lowest BCUT2D eigenvalue weighted by atomic mass is 10.2. The topological polar surface area (TPSA) is 45.7 Å². The SMILES string of the molecule is COc1ccc(Cl)c2sc(N(CCN(C)C)C(=O)c3ccc(F)cc3)nc12. The van der Waals surface area contributed by atoms with Crippen molar-refractivity contribution in [3.05, 3.63) is 52.8 Å². The zero-order valence-corrected chi connectivity index (χ0v) is 16.8. The number of nitrogens with zero attached hydrogens (tertiary/aromatic N) is 3. The van der Waals surface area contributed by atoms with Crippen LogP contribution in [-0.2, 0) is 0 Å². The molecule has 2 aromatic carbocycles. The molecule has 0 bridgehead atoms. The first-order valence-corrected chi connectivity index (χ1v) is 9.45.